The van der Waals surface area contributed by atoms with Crippen LogP contribution in [-0.2, 0) is 14.3 Å². The molecule has 0 unspecified atom stereocenters. The first-order valence-corrected chi connectivity index (χ1v) is 8.27. The van der Waals surface area contributed by atoms with Gasteiger partial charge in [0.1, 0.15) is 5.60 Å². The van der Waals surface area contributed by atoms with E-state index in [1.165, 1.54) is 0 Å². The second kappa shape index (κ2) is 8.70. The van der Waals surface area contributed by atoms with Crippen LogP contribution in [0.5, 0.6) is 0 Å². The zero-order chi connectivity index (χ0) is 18.3. The molecule has 0 atom stereocenters. The zero-order valence-electron chi connectivity index (χ0n) is 15.1. The molecule has 0 aliphatic carbocycles. The van der Waals surface area contributed by atoms with Gasteiger partial charge in [-0.3, -0.25) is 9.59 Å². The highest BCUT2D eigenvalue weighted by atomic mass is 16.6. The minimum absolute atomic E-state index is 0.000883. The van der Waals surface area contributed by atoms with Crippen molar-refractivity contribution in [2.24, 2.45) is 5.92 Å². The van der Waals surface area contributed by atoms with Gasteiger partial charge < -0.3 is 20.3 Å². The highest BCUT2D eigenvalue weighted by Crippen LogP contribution is 2.17. The van der Waals surface area contributed by atoms with E-state index < -0.39 is 11.7 Å². The molecule has 0 aromatic carbocycles. The number of likely N-dealkylation sites (tertiary alicyclic amines) is 1. The van der Waals surface area contributed by atoms with Crippen molar-refractivity contribution in [1.82, 2.24) is 15.5 Å². The van der Waals surface area contributed by atoms with E-state index in [0.717, 1.165) is 12.8 Å². The summed E-state index contributed by atoms with van der Waals surface area (Å²) in [5.41, 5.74) is -0.0366. The summed E-state index contributed by atoms with van der Waals surface area (Å²) >= 11 is 0. The molecule has 0 aromatic heterocycles. The molecule has 0 aromatic rings. The largest absolute Gasteiger partial charge is 0.444 e. The van der Waals surface area contributed by atoms with Gasteiger partial charge in [0.25, 0.3) is 0 Å². The lowest BCUT2D eigenvalue weighted by Crippen LogP contribution is -2.44. The van der Waals surface area contributed by atoms with E-state index >= 15 is 0 Å². The molecular weight excluding hydrogens is 310 g/mol. The van der Waals surface area contributed by atoms with Crippen LogP contribution in [0.2, 0.25) is 0 Å². The maximum Gasteiger partial charge on any atom is 0.408 e. The van der Waals surface area contributed by atoms with Crippen molar-refractivity contribution in [2.45, 2.75) is 46.1 Å². The molecule has 24 heavy (non-hydrogen) atoms. The van der Waals surface area contributed by atoms with E-state index in [-0.39, 0.29) is 18.4 Å². The van der Waals surface area contributed by atoms with E-state index in [1.807, 2.05) is 0 Å². The molecule has 1 fully saturated rings. The van der Waals surface area contributed by atoms with Crippen molar-refractivity contribution in [3.8, 4) is 0 Å². The second-order valence-corrected chi connectivity index (χ2v) is 7.18. The number of alkyl carbamates (subject to hydrolysis) is 1. The first-order chi connectivity index (χ1) is 11.1. The first-order valence-electron chi connectivity index (χ1n) is 8.27. The summed E-state index contributed by atoms with van der Waals surface area (Å²) < 4.78 is 5.06. The Bertz CT molecular complexity index is 489. The Kier molecular flexibility index (Phi) is 7.25. The number of carbonyl (C=O) groups excluding carboxylic acids is 3. The van der Waals surface area contributed by atoms with Crippen LogP contribution in [-0.4, -0.2) is 54.6 Å². The SMILES string of the molecule is C=C(C)C(=O)N1CCC(CNC(=O)CNC(=O)OC(C)(C)C)CC1. The molecule has 3 amide bonds. The molecule has 1 rings (SSSR count). The van der Waals surface area contributed by atoms with Gasteiger partial charge in [-0.1, -0.05) is 6.58 Å². The van der Waals surface area contributed by atoms with Crippen LogP contribution in [0.25, 0.3) is 0 Å². The number of carbonyl (C=O) groups is 3. The van der Waals surface area contributed by atoms with E-state index in [0.29, 0.717) is 31.1 Å². The monoisotopic (exact) mass is 339 g/mol. The van der Waals surface area contributed by atoms with Gasteiger partial charge in [-0.05, 0) is 46.5 Å². The van der Waals surface area contributed by atoms with Crippen LogP contribution in [0.3, 0.4) is 0 Å². The molecule has 0 saturated carbocycles. The molecule has 0 spiro atoms. The van der Waals surface area contributed by atoms with Crippen molar-refractivity contribution in [2.75, 3.05) is 26.2 Å². The molecule has 2 N–H and O–H groups in total. The minimum atomic E-state index is -0.607. The lowest BCUT2D eigenvalue weighted by molar-refractivity contribution is -0.128. The van der Waals surface area contributed by atoms with Gasteiger partial charge in [0.05, 0.1) is 6.54 Å². The third kappa shape index (κ3) is 7.48. The predicted octanol–water partition coefficient (Wildman–Crippen LogP) is 1.44. The molecule has 1 saturated heterocycles. The smallest absolute Gasteiger partial charge is 0.408 e. The molecule has 7 heteroatoms. The fraction of sp³-hybridized carbons (Fsp3) is 0.706. The number of hydrogen-bond donors (Lipinski definition) is 2. The normalized spacial score (nSPS) is 15.6. The molecular formula is C17H29N3O4. The van der Waals surface area contributed by atoms with Gasteiger partial charge in [0, 0.05) is 25.2 Å². The van der Waals surface area contributed by atoms with Crippen molar-refractivity contribution < 1.29 is 19.1 Å². The summed E-state index contributed by atoms with van der Waals surface area (Å²) in [7, 11) is 0. The fourth-order valence-corrected chi connectivity index (χ4v) is 2.40. The average Bonchev–Trinajstić information content (AvgIpc) is 2.49. The van der Waals surface area contributed by atoms with Gasteiger partial charge in [0.15, 0.2) is 0 Å². The van der Waals surface area contributed by atoms with Gasteiger partial charge in [-0.2, -0.15) is 0 Å². The maximum absolute atomic E-state index is 11.8. The third-order valence-corrected chi connectivity index (χ3v) is 3.65. The number of nitrogens with zero attached hydrogens (tertiary/aromatic N) is 1. The van der Waals surface area contributed by atoms with Crippen molar-refractivity contribution >= 4 is 17.9 Å². The van der Waals surface area contributed by atoms with E-state index in [2.05, 4.69) is 17.2 Å². The average molecular weight is 339 g/mol. The predicted molar refractivity (Wildman–Crippen MR) is 91.4 cm³/mol. The minimum Gasteiger partial charge on any atom is -0.444 e. The zero-order valence-corrected chi connectivity index (χ0v) is 15.1. The molecule has 136 valence electrons. The quantitative estimate of drug-likeness (QED) is 0.742. The van der Waals surface area contributed by atoms with Gasteiger partial charge in [-0.25, -0.2) is 4.79 Å². The number of ether oxygens (including phenoxy) is 1. The molecule has 0 radical (unpaired) electrons. The standard InChI is InChI=1S/C17H29N3O4/c1-12(2)15(22)20-8-6-13(7-9-20)10-18-14(21)11-19-16(23)24-17(3,4)5/h13H,1,6-11H2,2-5H3,(H,18,21)(H,19,23). The first kappa shape index (κ1) is 20.0. The number of piperidine rings is 1. The second-order valence-electron chi connectivity index (χ2n) is 7.18. The Balaban J connectivity index is 2.21. The fourth-order valence-electron chi connectivity index (χ4n) is 2.40. The molecule has 0 bridgehead atoms. The Morgan fingerprint density at radius 2 is 1.75 bits per heavy atom. The van der Waals surface area contributed by atoms with Crippen molar-refractivity contribution in [3.05, 3.63) is 12.2 Å². The van der Waals surface area contributed by atoms with Crippen LogP contribution in [0.4, 0.5) is 4.79 Å². The van der Waals surface area contributed by atoms with Gasteiger partial charge in [-0.15, -0.1) is 0 Å². The summed E-state index contributed by atoms with van der Waals surface area (Å²) in [6.45, 7) is 12.5. The number of amides is 3. The van der Waals surface area contributed by atoms with Crippen LogP contribution >= 0.6 is 0 Å². The molecule has 1 aliphatic heterocycles. The lowest BCUT2D eigenvalue weighted by atomic mass is 9.96. The number of hydrogen-bond acceptors (Lipinski definition) is 4. The summed E-state index contributed by atoms with van der Waals surface area (Å²) in [6.07, 6.45) is 1.08. The van der Waals surface area contributed by atoms with Crippen LogP contribution in [0.15, 0.2) is 12.2 Å². The van der Waals surface area contributed by atoms with Crippen LogP contribution < -0.4 is 10.6 Å². The Labute approximate surface area is 143 Å². The van der Waals surface area contributed by atoms with Gasteiger partial charge >= 0.3 is 6.09 Å². The Morgan fingerprint density at radius 3 is 2.25 bits per heavy atom. The topological polar surface area (TPSA) is 87.7 Å². The number of nitrogens with one attached hydrogen (secondary N) is 2. The Morgan fingerprint density at radius 1 is 1.17 bits per heavy atom. The van der Waals surface area contributed by atoms with Gasteiger partial charge in [0.2, 0.25) is 11.8 Å². The molecule has 1 aliphatic rings. The summed E-state index contributed by atoms with van der Waals surface area (Å²) in [4.78, 5) is 36.8. The highest BCUT2D eigenvalue weighted by Gasteiger charge is 2.23. The van der Waals surface area contributed by atoms with E-state index in [1.54, 1.807) is 32.6 Å². The van der Waals surface area contributed by atoms with Crippen LogP contribution in [0, 0.1) is 5.92 Å². The maximum atomic E-state index is 11.8. The highest BCUT2D eigenvalue weighted by molar-refractivity contribution is 5.92. The number of rotatable bonds is 5. The Hall–Kier alpha value is -2.05. The van der Waals surface area contributed by atoms with E-state index in [4.69, 9.17) is 4.74 Å². The molecule has 7 nitrogen and oxygen atoms in total. The summed E-state index contributed by atoms with van der Waals surface area (Å²) in [5, 5.41) is 5.23. The van der Waals surface area contributed by atoms with Crippen molar-refractivity contribution in [1.29, 1.82) is 0 Å². The van der Waals surface area contributed by atoms with Crippen LogP contribution in [0.1, 0.15) is 40.5 Å². The summed E-state index contributed by atoms with van der Waals surface area (Å²) in [5.74, 6) is 0.0880. The third-order valence-electron chi connectivity index (χ3n) is 3.65. The van der Waals surface area contributed by atoms with E-state index in [9.17, 15) is 14.4 Å². The lowest BCUT2D eigenvalue weighted by Gasteiger charge is -2.32. The molecule has 1 heterocycles. The summed E-state index contributed by atoms with van der Waals surface area (Å²) in [6, 6.07) is 0. The van der Waals surface area contributed by atoms with Crippen molar-refractivity contribution in [3.63, 3.8) is 0 Å².